The number of rotatable bonds is 11. The number of carboxylic acids is 1. The molecule has 2 fully saturated rings. The van der Waals surface area contributed by atoms with Crippen LogP contribution in [0.2, 0.25) is 0 Å². The predicted octanol–water partition coefficient (Wildman–Crippen LogP) is 4.53. The highest BCUT2D eigenvalue weighted by atomic mass is 19.1. The SMILES string of the molecule is C[C@H]1C[C@@H](Oc2ccnc(COc3ccc(F)cc3F)n2)CCN1Cc1nc2ccc(CC(=O)O)cc2n1C[C@@H]1CCO1. The first-order valence-corrected chi connectivity index (χ1v) is 14.4. The molecule has 43 heavy (non-hydrogen) atoms. The fourth-order valence-electron chi connectivity index (χ4n) is 5.58. The first kappa shape index (κ1) is 28.9. The third-order valence-electron chi connectivity index (χ3n) is 7.95. The minimum Gasteiger partial charge on any atom is -0.483 e. The van der Waals surface area contributed by atoms with E-state index in [2.05, 4.69) is 26.4 Å². The lowest BCUT2D eigenvalue weighted by Gasteiger charge is -2.37. The molecule has 226 valence electrons. The van der Waals surface area contributed by atoms with E-state index in [0.29, 0.717) is 24.8 Å². The summed E-state index contributed by atoms with van der Waals surface area (Å²) in [7, 11) is 0. The van der Waals surface area contributed by atoms with Gasteiger partial charge in [0.1, 0.15) is 24.4 Å². The molecule has 0 amide bonds. The normalized spacial score (nSPS) is 20.6. The summed E-state index contributed by atoms with van der Waals surface area (Å²) in [4.78, 5) is 27.2. The van der Waals surface area contributed by atoms with E-state index < -0.39 is 17.6 Å². The number of carboxylic acid groups (broad SMARTS) is 1. The molecule has 0 saturated carbocycles. The smallest absolute Gasteiger partial charge is 0.307 e. The van der Waals surface area contributed by atoms with Gasteiger partial charge in [-0.25, -0.2) is 18.7 Å². The molecule has 1 N–H and O–H groups in total. The highest BCUT2D eigenvalue weighted by Gasteiger charge is 2.29. The van der Waals surface area contributed by atoms with Crippen molar-refractivity contribution in [3.63, 3.8) is 0 Å². The molecule has 0 bridgehead atoms. The average molecular weight is 594 g/mol. The van der Waals surface area contributed by atoms with Gasteiger partial charge in [0.2, 0.25) is 5.88 Å². The quantitative estimate of drug-likeness (QED) is 0.268. The van der Waals surface area contributed by atoms with Crippen molar-refractivity contribution in [1.29, 1.82) is 0 Å². The number of piperidine rings is 1. The molecular weight excluding hydrogens is 560 g/mol. The maximum atomic E-state index is 13.9. The standard InChI is InChI=1S/C31H33F2N5O5/c1-19-12-22(43-30-6-9-34-28(36-30)18-42-27-5-3-21(32)15-24(27)33)7-10-37(19)17-29-35-25-4-2-20(14-31(39)40)13-26(25)38(29)16-23-8-11-41-23/h2-6,9,13,15,19,22-23H,7-8,10-12,14,16-18H2,1H3,(H,39,40)/t19-,22-,23-/m0/s1. The maximum Gasteiger partial charge on any atom is 0.307 e. The average Bonchev–Trinajstić information content (AvgIpc) is 3.27. The Morgan fingerprint density at radius 1 is 1.14 bits per heavy atom. The summed E-state index contributed by atoms with van der Waals surface area (Å²) in [6, 6.07) is 10.7. The number of fused-ring (bicyclic) bond motifs is 1. The Kier molecular flexibility index (Phi) is 8.48. The van der Waals surface area contributed by atoms with Crippen LogP contribution in [0.1, 0.15) is 43.4 Å². The van der Waals surface area contributed by atoms with Crippen molar-refractivity contribution in [3.8, 4) is 11.6 Å². The van der Waals surface area contributed by atoms with Crippen LogP contribution in [-0.2, 0) is 35.6 Å². The summed E-state index contributed by atoms with van der Waals surface area (Å²) in [6.45, 7) is 4.97. The molecule has 12 heteroatoms. The molecule has 10 nitrogen and oxygen atoms in total. The fraction of sp³-hybridized carbons (Fsp3) is 0.419. The van der Waals surface area contributed by atoms with E-state index in [-0.39, 0.29) is 37.0 Å². The first-order chi connectivity index (χ1) is 20.8. The van der Waals surface area contributed by atoms with Gasteiger partial charge >= 0.3 is 5.97 Å². The Hall–Kier alpha value is -4.16. The van der Waals surface area contributed by atoms with E-state index in [1.807, 2.05) is 18.2 Å². The number of halogens is 2. The zero-order valence-corrected chi connectivity index (χ0v) is 23.8. The molecule has 4 aromatic rings. The number of ether oxygens (including phenoxy) is 3. The van der Waals surface area contributed by atoms with Crippen LogP contribution in [0.15, 0.2) is 48.7 Å². The molecule has 6 rings (SSSR count). The van der Waals surface area contributed by atoms with Crippen LogP contribution >= 0.6 is 0 Å². The largest absolute Gasteiger partial charge is 0.483 e. The van der Waals surface area contributed by atoms with Crippen molar-refractivity contribution >= 4 is 17.0 Å². The molecule has 2 aliphatic heterocycles. The number of nitrogens with zero attached hydrogens (tertiary/aromatic N) is 5. The van der Waals surface area contributed by atoms with Crippen molar-refractivity contribution < 1.29 is 32.9 Å². The second-order valence-corrected chi connectivity index (χ2v) is 11.1. The molecule has 2 saturated heterocycles. The van der Waals surface area contributed by atoms with E-state index >= 15 is 0 Å². The summed E-state index contributed by atoms with van der Waals surface area (Å²) < 4.78 is 46.6. The Labute approximate surface area is 247 Å². The number of likely N-dealkylation sites (tertiary alicyclic amines) is 1. The number of imidazole rings is 1. The van der Waals surface area contributed by atoms with Crippen LogP contribution in [0.5, 0.6) is 11.6 Å². The summed E-state index contributed by atoms with van der Waals surface area (Å²) in [5.74, 6) is -0.730. The van der Waals surface area contributed by atoms with Crippen LogP contribution in [-0.4, -0.2) is 66.9 Å². The second kappa shape index (κ2) is 12.6. The van der Waals surface area contributed by atoms with Crippen LogP contribution in [0, 0.1) is 11.6 Å². The molecule has 4 heterocycles. The molecule has 0 unspecified atom stereocenters. The second-order valence-electron chi connectivity index (χ2n) is 11.1. The Bertz CT molecular complexity index is 1610. The molecular formula is C31H33F2N5O5. The van der Waals surface area contributed by atoms with Gasteiger partial charge in [0.15, 0.2) is 17.4 Å². The zero-order valence-electron chi connectivity index (χ0n) is 23.8. The summed E-state index contributed by atoms with van der Waals surface area (Å²) in [5.41, 5.74) is 2.52. The van der Waals surface area contributed by atoms with Gasteiger partial charge in [0.25, 0.3) is 0 Å². The Morgan fingerprint density at radius 3 is 2.74 bits per heavy atom. The van der Waals surface area contributed by atoms with Crippen LogP contribution in [0.4, 0.5) is 8.78 Å². The number of benzene rings is 2. The zero-order chi connectivity index (χ0) is 29.9. The monoisotopic (exact) mass is 593 g/mol. The van der Waals surface area contributed by atoms with E-state index in [0.717, 1.165) is 67.0 Å². The minimum atomic E-state index is -0.862. The van der Waals surface area contributed by atoms with Gasteiger partial charge in [0.05, 0.1) is 36.6 Å². The molecule has 2 aromatic carbocycles. The lowest BCUT2D eigenvalue weighted by Crippen LogP contribution is -2.44. The van der Waals surface area contributed by atoms with Gasteiger partial charge in [0, 0.05) is 37.5 Å². The van der Waals surface area contributed by atoms with E-state index in [1.54, 1.807) is 12.3 Å². The number of aliphatic carboxylic acids is 1. The van der Waals surface area contributed by atoms with Gasteiger partial charge in [-0.05, 0) is 56.0 Å². The Balaban J connectivity index is 1.09. The van der Waals surface area contributed by atoms with Gasteiger partial charge in [-0.1, -0.05) is 6.07 Å². The summed E-state index contributed by atoms with van der Waals surface area (Å²) in [5, 5.41) is 9.27. The lowest BCUT2D eigenvalue weighted by atomic mass is 10.0. The number of hydrogen-bond acceptors (Lipinski definition) is 8. The topological polar surface area (TPSA) is 112 Å². The summed E-state index contributed by atoms with van der Waals surface area (Å²) in [6.07, 6.45) is 4.18. The number of hydrogen-bond donors (Lipinski definition) is 1. The van der Waals surface area contributed by atoms with Crippen molar-refractivity contribution in [3.05, 3.63) is 77.5 Å². The molecule has 0 radical (unpaired) electrons. The van der Waals surface area contributed by atoms with Crippen LogP contribution in [0.25, 0.3) is 11.0 Å². The third kappa shape index (κ3) is 6.91. The van der Waals surface area contributed by atoms with Gasteiger partial charge < -0.3 is 23.9 Å². The van der Waals surface area contributed by atoms with Crippen molar-refractivity contribution in [1.82, 2.24) is 24.4 Å². The first-order valence-electron chi connectivity index (χ1n) is 14.4. The summed E-state index contributed by atoms with van der Waals surface area (Å²) >= 11 is 0. The lowest BCUT2D eigenvalue weighted by molar-refractivity contribution is -0.136. The van der Waals surface area contributed by atoms with Crippen LogP contribution < -0.4 is 9.47 Å². The highest BCUT2D eigenvalue weighted by molar-refractivity contribution is 5.79. The van der Waals surface area contributed by atoms with Crippen LogP contribution in [0.3, 0.4) is 0 Å². The van der Waals surface area contributed by atoms with Crippen molar-refractivity contribution in [2.75, 3.05) is 13.2 Å². The highest BCUT2D eigenvalue weighted by Crippen LogP contribution is 2.27. The van der Waals surface area contributed by atoms with Gasteiger partial charge in [-0.2, -0.15) is 4.98 Å². The number of carbonyl (C=O) groups is 1. The van der Waals surface area contributed by atoms with E-state index in [1.165, 1.54) is 6.07 Å². The predicted molar refractivity (Wildman–Crippen MR) is 152 cm³/mol. The van der Waals surface area contributed by atoms with Crippen molar-refractivity contribution in [2.24, 2.45) is 0 Å². The molecule has 2 aromatic heterocycles. The molecule has 3 atom stereocenters. The van der Waals surface area contributed by atoms with E-state index in [9.17, 15) is 18.7 Å². The van der Waals surface area contributed by atoms with Gasteiger partial charge in [-0.15, -0.1) is 0 Å². The van der Waals surface area contributed by atoms with Crippen molar-refractivity contribution in [2.45, 2.75) is 70.6 Å². The minimum absolute atomic E-state index is 0.0332. The maximum absolute atomic E-state index is 13.9. The molecule has 2 aliphatic rings. The third-order valence-corrected chi connectivity index (χ3v) is 7.95. The van der Waals surface area contributed by atoms with Gasteiger partial charge in [-0.3, -0.25) is 9.69 Å². The molecule has 0 aliphatic carbocycles. The molecule has 0 spiro atoms. The number of aromatic nitrogens is 4. The fourth-order valence-corrected chi connectivity index (χ4v) is 5.58. The Morgan fingerprint density at radius 2 is 2.00 bits per heavy atom. The van der Waals surface area contributed by atoms with E-state index in [4.69, 9.17) is 19.2 Å².